The zero-order valence-electron chi connectivity index (χ0n) is 13.3. The van der Waals surface area contributed by atoms with E-state index in [0.29, 0.717) is 16.9 Å². The van der Waals surface area contributed by atoms with Crippen molar-refractivity contribution < 1.29 is 22.7 Å². The maximum Gasteiger partial charge on any atom is 0.321 e. The molecule has 0 atom stereocenters. The average molecular weight is 327 g/mol. The fourth-order valence-corrected chi connectivity index (χ4v) is 4.56. The summed E-state index contributed by atoms with van der Waals surface area (Å²) in [5, 5.41) is 0. The van der Waals surface area contributed by atoms with Crippen molar-refractivity contribution in [1.29, 1.82) is 0 Å². The number of rotatable bonds is 6. The van der Waals surface area contributed by atoms with Crippen LogP contribution < -0.4 is 4.74 Å². The molecule has 1 fully saturated rings. The number of aryl methyl sites for hydroxylation is 2. The number of nitrogens with zero attached hydrogens (tertiary/aromatic N) is 1. The molecule has 0 saturated heterocycles. The van der Waals surface area contributed by atoms with E-state index in [1.165, 1.54) is 18.5 Å². The molecule has 0 heterocycles. The number of hydrogen-bond acceptors (Lipinski definition) is 5. The molecule has 0 spiro atoms. The van der Waals surface area contributed by atoms with Crippen molar-refractivity contribution in [2.75, 3.05) is 20.8 Å². The number of hydrogen-bond donors (Lipinski definition) is 0. The minimum Gasteiger partial charge on any atom is -0.497 e. The second-order valence-electron chi connectivity index (χ2n) is 5.45. The van der Waals surface area contributed by atoms with E-state index in [2.05, 4.69) is 4.74 Å². The highest BCUT2D eigenvalue weighted by molar-refractivity contribution is 7.89. The average Bonchev–Trinajstić information content (AvgIpc) is 3.27. The van der Waals surface area contributed by atoms with Gasteiger partial charge in [-0.15, -0.1) is 0 Å². The summed E-state index contributed by atoms with van der Waals surface area (Å²) >= 11 is 0. The molecule has 22 heavy (non-hydrogen) atoms. The minimum absolute atomic E-state index is 0.120. The van der Waals surface area contributed by atoms with Crippen LogP contribution in [-0.2, 0) is 19.6 Å². The third kappa shape index (κ3) is 3.25. The molecule has 1 aliphatic carbocycles. The summed E-state index contributed by atoms with van der Waals surface area (Å²) in [5.41, 5.74) is 1.21. The topological polar surface area (TPSA) is 72.9 Å². The number of carbonyl (C=O) groups is 1. The summed E-state index contributed by atoms with van der Waals surface area (Å²) in [5.74, 6) is 0.0548. The number of ether oxygens (including phenoxy) is 2. The standard InChI is InChI=1S/C15H21NO5S/c1-10-7-13(20-3)8-11(2)15(10)22(18,19)16(12-5-6-12)9-14(17)21-4/h7-8,12H,5-6,9H2,1-4H3. The van der Waals surface area contributed by atoms with Crippen molar-refractivity contribution in [1.82, 2.24) is 4.31 Å². The van der Waals surface area contributed by atoms with E-state index < -0.39 is 16.0 Å². The van der Waals surface area contributed by atoms with Gasteiger partial charge in [0, 0.05) is 6.04 Å². The third-order valence-corrected chi connectivity index (χ3v) is 5.91. The summed E-state index contributed by atoms with van der Waals surface area (Å²) in [6.07, 6.45) is 1.54. The number of esters is 1. The lowest BCUT2D eigenvalue weighted by atomic mass is 10.1. The Labute approximate surface area is 131 Å². The van der Waals surface area contributed by atoms with E-state index in [9.17, 15) is 13.2 Å². The monoisotopic (exact) mass is 327 g/mol. The number of carbonyl (C=O) groups excluding carboxylic acids is 1. The molecular weight excluding hydrogens is 306 g/mol. The fourth-order valence-electron chi connectivity index (χ4n) is 2.52. The molecule has 1 aliphatic rings. The van der Waals surface area contributed by atoms with Crippen molar-refractivity contribution in [2.24, 2.45) is 0 Å². The van der Waals surface area contributed by atoms with Gasteiger partial charge in [0.15, 0.2) is 0 Å². The zero-order valence-corrected chi connectivity index (χ0v) is 14.1. The van der Waals surface area contributed by atoms with Crippen LogP contribution in [0.15, 0.2) is 17.0 Å². The van der Waals surface area contributed by atoms with E-state index in [1.807, 2.05) is 0 Å². The summed E-state index contributed by atoms with van der Waals surface area (Å²) in [4.78, 5) is 11.8. The first-order valence-corrected chi connectivity index (χ1v) is 8.49. The van der Waals surface area contributed by atoms with Crippen molar-refractivity contribution in [3.63, 3.8) is 0 Å². The van der Waals surface area contributed by atoms with Gasteiger partial charge in [0.2, 0.25) is 10.0 Å². The lowest BCUT2D eigenvalue weighted by Gasteiger charge is -2.23. The molecule has 1 aromatic rings. The van der Waals surface area contributed by atoms with Gasteiger partial charge in [-0.1, -0.05) is 0 Å². The first kappa shape index (κ1) is 16.8. The van der Waals surface area contributed by atoms with Gasteiger partial charge in [-0.3, -0.25) is 4.79 Å². The van der Waals surface area contributed by atoms with Gasteiger partial charge >= 0.3 is 5.97 Å². The number of sulfonamides is 1. The predicted octanol–water partition coefficient (Wildman–Crippen LogP) is 1.64. The van der Waals surface area contributed by atoms with E-state index in [1.54, 1.807) is 26.0 Å². The maximum absolute atomic E-state index is 13.0. The van der Waals surface area contributed by atoms with Crippen LogP contribution in [0.4, 0.5) is 0 Å². The Hall–Kier alpha value is -1.60. The largest absolute Gasteiger partial charge is 0.497 e. The molecule has 2 rings (SSSR count). The number of benzene rings is 1. The molecule has 6 nitrogen and oxygen atoms in total. The zero-order chi connectivity index (χ0) is 16.5. The Bertz CT molecular complexity index is 656. The Morgan fingerprint density at radius 3 is 2.18 bits per heavy atom. The SMILES string of the molecule is COC(=O)CN(C1CC1)S(=O)(=O)c1c(C)cc(OC)cc1C. The summed E-state index contributed by atoms with van der Waals surface area (Å²) in [7, 11) is -0.961. The Balaban J connectivity index is 2.46. The molecule has 0 amide bonds. The van der Waals surface area contributed by atoms with Crippen molar-refractivity contribution >= 4 is 16.0 Å². The molecule has 7 heteroatoms. The van der Waals surface area contributed by atoms with Gasteiger partial charge in [-0.25, -0.2) is 8.42 Å². The molecular formula is C15H21NO5S. The van der Waals surface area contributed by atoms with Gasteiger partial charge in [0.25, 0.3) is 0 Å². The Morgan fingerprint density at radius 2 is 1.77 bits per heavy atom. The van der Waals surface area contributed by atoms with Gasteiger partial charge in [0.1, 0.15) is 12.3 Å². The van der Waals surface area contributed by atoms with Crippen LogP contribution >= 0.6 is 0 Å². The highest BCUT2D eigenvalue weighted by Crippen LogP contribution is 2.35. The highest BCUT2D eigenvalue weighted by atomic mass is 32.2. The third-order valence-electron chi connectivity index (χ3n) is 3.70. The van der Waals surface area contributed by atoms with Crippen molar-refractivity contribution in [3.8, 4) is 5.75 Å². The van der Waals surface area contributed by atoms with Crippen LogP contribution in [0.3, 0.4) is 0 Å². The summed E-state index contributed by atoms with van der Waals surface area (Å²) < 4.78 is 37.0. The molecule has 0 N–H and O–H groups in total. The molecule has 0 aromatic heterocycles. The lowest BCUT2D eigenvalue weighted by molar-refractivity contribution is -0.140. The smallest absolute Gasteiger partial charge is 0.321 e. The second-order valence-corrected chi connectivity index (χ2v) is 7.28. The van der Waals surface area contributed by atoms with Crippen molar-refractivity contribution in [3.05, 3.63) is 23.3 Å². The number of methoxy groups -OCH3 is 2. The van der Waals surface area contributed by atoms with Gasteiger partial charge in [-0.05, 0) is 49.9 Å². The van der Waals surface area contributed by atoms with E-state index >= 15 is 0 Å². The molecule has 0 radical (unpaired) electrons. The minimum atomic E-state index is -3.75. The first-order chi connectivity index (χ1) is 10.3. The molecule has 0 unspecified atom stereocenters. The fraction of sp³-hybridized carbons (Fsp3) is 0.533. The Kier molecular flexibility index (Phi) is 4.77. The van der Waals surface area contributed by atoms with Crippen LogP contribution in [-0.4, -0.2) is 45.5 Å². The maximum atomic E-state index is 13.0. The molecule has 0 bridgehead atoms. The second kappa shape index (κ2) is 6.26. The van der Waals surface area contributed by atoms with Crippen LogP contribution in [0.1, 0.15) is 24.0 Å². The molecule has 0 aliphatic heterocycles. The van der Waals surface area contributed by atoms with E-state index in [-0.39, 0.29) is 17.5 Å². The van der Waals surface area contributed by atoms with Crippen molar-refractivity contribution in [2.45, 2.75) is 37.6 Å². The first-order valence-electron chi connectivity index (χ1n) is 7.05. The molecule has 1 saturated carbocycles. The van der Waals surface area contributed by atoms with E-state index in [0.717, 1.165) is 12.8 Å². The van der Waals surface area contributed by atoms with Gasteiger partial charge in [-0.2, -0.15) is 4.31 Å². The van der Waals surface area contributed by atoms with Crippen LogP contribution in [0.5, 0.6) is 5.75 Å². The predicted molar refractivity (Wildman–Crippen MR) is 81.4 cm³/mol. The lowest BCUT2D eigenvalue weighted by Crippen LogP contribution is -2.38. The van der Waals surface area contributed by atoms with E-state index in [4.69, 9.17) is 4.74 Å². The molecule has 122 valence electrons. The Morgan fingerprint density at radius 1 is 1.23 bits per heavy atom. The summed E-state index contributed by atoms with van der Waals surface area (Å²) in [6.45, 7) is 3.20. The van der Waals surface area contributed by atoms with Crippen LogP contribution in [0.25, 0.3) is 0 Å². The van der Waals surface area contributed by atoms with Crippen LogP contribution in [0.2, 0.25) is 0 Å². The normalized spacial score (nSPS) is 15.0. The van der Waals surface area contributed by atoms with Gasteiger partial charge < -0.3 is 9.47 Å². The summed E-state index contributed by atoms with van der Waals surface area (Å²) in [6, 6.07) is 3.25. The quantitative estimate of drug-likeness (QED) is 0.743. The highest BCUT2D eigenvalue weighted by Gasteiger charge is 2.40. The van der Waals surface area contributed by atoms with Gasteiger partial charge in [0.05, 0.1) is 19.1 Å². The van der Waals surface area contributed by atoms with Crippen LogP contribution in [0, 0.1) is 13.8 Å². The molecule has 1 aromatic carbocycles.